The highest BCUT2D eigenvalue weighted by Crippen LogP contribution is 2.31. The fourth-order valence-corrected chi connectivity index (χ4v) is 4.62. The molecule has 3 amide bonds. The predicted molar refractivity (Wildman–Crippen MR) is 106 cm³/mol. The maximum atomic E-state index is 12.5. The normalized spacial score (nSPS) is 21.0. The van der Waals surface area contributed by atoms with Crippen LogP contribution < -0.4 is 5.32 Å². The van der Waals surface area contributed by atoms with Crippen molar-refractivity contribution >= 4 is 39.5 Å². The maximum absolute atomic E-state index is 12.5. The number of piperidine rings is 1. The molecule has 3 heterocycles. The number of carbonyl (C=O) groups excluding carboxylic acids is 2. The molecule has 2 aromatic rings. The van der Waals surface area contributed by atoms with E-state index in [9.17, 15) is 18.0 Å². The summed E-state index contributed by atoms with van der Waals surface area (Å²) < 4.78 is 35.1. The number of nitrogens with zero attached hydrogens (tertiary/aromatic N) is 3. The molecular formula is C17H17N5O6S2. The van der Waals surface area contributed by atoms with Gasteiger partial charge in [-0.3, -0.25) is 14.8 Å². The number of hydroxylamine groups is 2. The number of thiazole rings is 1. The summed E-state index contributed by atoms with van der Waals surface area (Å²) >= 11 is 1.14. The lowest BCUT2D eigenvalue weighted by atomic mass is 10.00. The summed E-state index contributed by atoms with van der Waals surface area (Å²) in [5.41, 5.74) is 1.51. The van der Waals surface area contributed by atoms with E-state index in [0.29, 0.717) is 23.6 Å². The number of benzene rings is 1. The Labute approximate surface area is 175 Å². The zero-order valence-electron chi connectivity index (χ0n) is 15.4. The van der Waals surface area contributed by atoms with Gasteiger partial charge in [-0.1, -0.05) is 30.3 Å². The molecule has 4 rings (SSSR count). The number of hydrogen-bond acceptors (Lipinski definition) is 8. The third kappa shape index (κ3) is 4.05. The molecular weight excluding hydrogens is 434 g/mol. The molecule has 2 bridgehead atoms. The summed E-state index contributed by atoms with van der Waals surface area (Å²) in [4.78, 5) is 30.5. The SMILES string of the molecule is N=C(NC(=O)c1nc(-c2ccccc2)cs1)[C@@H]1CC[C@@H]2CN1C(=O)N2OS(=O)(=O)O. The summed E-state index contributed by atoms with van der Waals surface area (Å²) in [5, 5.41) is 13.2. The Kier molecular flexibility index (Phi) is 5.27. The zero-order chi connectivity index (χ0) is 21.5. The Bertz CT molecular complexity index is 1100. The van der Waals surface area contributed by atoms with E-state index in [2.05, 4.69) is 14.6 Å². The second-order valence-electron chi connectivity index (χ2n) is 6.78. The summed E-state index contributed by atoms with van der Waals surface area (Å²) in [6, 6.07) is 7.24. The first-order valence-electron chi connectivity index (χ1n) is 8.90. The highest BCUT2D eigenvalue weighted by Gasteiger charge is 2.48. The highest BCUT2D eigenvalue weighted by atomic mass is 32.3. The quantitative estimate of drug-likeness (QED) is 0.354. The molecule has 0 unspecified atom stereocenters. The fraction of sp³-hybridized carbons (Fsp3) is 0.294. The number of amidine groups is 1. The average molecular weight is 451 g/mol. The van der Waals surface area contributed by atoms with Gasteiger partial charge in [0.05, 0.1) is 17.8 Å². The number of amides is 3. The van der Waals surface area contributed by atoms with Crippen molar-refractivity contribution < 1.29 is 26.8 Å². The Morgan fingerprint density at radius 2 is 2.03 bits per heavy atom. The van der Waals surface area contributed by atoms with Crippen LogP contribution in [0.15, 0.2) is 35.7 Å². The molecule has 1 aromatic carbocycles. The molecule has 2 aliphatic heterocycles. The second-order valence-corrected chi connectivity index (χ2v) is 8.64. The number of nitrogens with one attached hydrogen (secondary N) is 2. The molecule has 158 valence electrons. The molecule has 2 saturated heterocycles. The van der Waals surface area contributed by atoms with Crippen molar-refractivity contribution in [2.75, 3.05) is 6.54 Å². The fourth-order valence-electron chi connectivity index (χ4n) is 3.51. The van der Waals surface area contributed by atoms with Gasteiger partial charge in [-0.2, -0.15) is 13.5 Å². The van der Waals surface area contributed by atoms with Gasteiger partial charge < -0.3 is 10.2 Å². The van der Waals surface area contributed by atoms with Crippen LogP contribution in [-0.2, 0) is 14.7 Å². The van der Waals surface area contributed by atoms with Crippen LogP contribution in [0.3, 0.4) is 0 Å². The van der Waals surface area contributed by atoms with Crippen LogP contribution in [0.5, 0.6) is 0 Å². The van der Waals surface area contributed by atoms with Gasteiger partial charge in [-0.15, -0.1) is 15.6 Å². The van der Waals surface area contributed by atoms with Gasteiger partial charge in [0.15, 0.2) is 5.01 Å². The van der Waals surface area contributed by atoms with Crippen LogP contribution in [0, 0.1) is 5.41 Å². The standard InChI is InChI=1S/C17H17N5O6S2/c18-14(13-7-6-11-8-21(13)17(24)22(11)28-30(25,26)27)20-15(23)16-19-12(9-29-16)10-4-2-1-3-5-10/h1-5,9,11,13H,6-8H2,(H2,18,20,23)(H,25,26,27)/t11-,13+/m1/s1. The third-order valence-corrected chi connectivity index (χ3v) is 6.04. The molecule has 2 fully saturated rings. The lowest BCUT2D eigenvalue weighted by molar-refractivity contribution is -0.0316. The predicted octanol–water partition coefficient (Wildman–Crippen LogP) is 1.52. The molecule has 2 aliphatic rings. The number of carbonyl (C=O) groups is 2. The first-order valence-corrected chi connectivity index (χ1v) is 11.1. The van der Waals surface area contributed by atoms with E-state index >= 15 is 0 Å². The van der Waals surface area contributed by atoms with Crippen molar-refractivity contribution in [3.63, 3.8) is 0 Å². The lowest BCUT2D eigenvalue weighted by Crippen LogP contribution is -2.50. The van der Waals surface area contributed by atoms with E-state index < -0.39 is 34.4 Å². The molecule has 11 nitrogen and oxygen atoms in total. The van der Waals surface area contributed by atoms with Gasteiger partial charge in [0.1, 0.15) is 5.84 Å². The van der Waals surface area contributed by atoms with E-state index in [0.717, 1.165) is 16.9 Å². The number of urea groups is 1. The highest BCUT2D eigenvalue weighted by molar-refractivity contribution is 7.80. The molecule has 0 spiro atoms. The first kappa shape index (κ1) is 20.4. The summed E-state index contributed by atoms with van der Waals surface area (Å²) in [6.07, 6.45) is 0.671. The van der Waals surface area contributed by atoms with Crippen LogP contribution >= 0.6 is 11.3 Å². The van der Waals surface area contributed by atoms with Crippen LogP contribution in [0.2, 0.25) is 0 Å². The van der Waals surface area contributed by atoms with Gasteiger partial charge >= 0.3 is 16.4 Å². The molecule has 13 heteroatoms. The van der Waals surface area contributed by atoms with Crippen molar-refractivity contribution in [2.24, 2.45) is 0 Å². The van der Waals surface area contributed by atoms with E-state index in [1.807, 2.05) is 30.3 Å². The smallest absolute Gasteiger partial charge is 0.310 e. The molecule has 1 aromatic heterocycles. The Balaban J connectivity index is 1.43. The van der Waals surface area contributed by atoms with Gasteiger partial charge in [0.25, 0.3) is 5.91 Å². The topological polar surface area (TPSA) is 153 Å². The molecule has 0 aliphatic carbocycles. The minimum atomic E-state index is -4.84. The average Bonchev–Trinajstić information content (AvgIpc) is 3.28. The van der Waals surface area contributed by atoms with E-state index in [4.69, 9.17) is 9.96 Å². The minimum absolute atomic E-state index is 0.118. The van der Waals surface area contributed by atoms with Crippen molar-refractivity contribution in [3.8, 4) is 11.3 Å². The summed E-state index contributed by atoms with van der Waals surface area (Å²) in [5.74, 6) is -0.760. The first-order chi connectivity index (χ1) is 14.2. The van der Waals surface area contributed by atoms with Crippen molar-refractivity contribution in [3.05, 3.63) is 40.7 Å². The maximum Gasteiger partial charge on any atom is 0.418 e. The van der Waals surface area contributed by atoms with Gasteiger partial charge in [-0.05, 0) is 12.8 Å². The number of fused-ring (bicyclic) bond motifs is 2. The van der Waals surface area contributed by atoms with E-state index in [-0.39, 0.29) is 17.4 Å². The third-order valence-electron chi connectivity index (χ3n) is 4.85. The van der Waals surface area contributed by atoms with Gasteiger partial charge in [0.2, 0.25) is 0 Å². The van der Waals surface area contributed by atoms with Crippen molar-refractivity contribution in [1.82, 2.24) is 20.3 Å². The van der Waals surface area contributed by atoms with E-state index in [1.165, 1.54) is 4.90 Å². The second kappa shape index (κ2) is 7.75. The Morgan fingerprint density at radius 1 is 1.30 bits per heavy atom. The molecule has 0 radical (unpaired) electrons. The number of aromatic nitrogens is 1. The van der Waals surface area contributed by atoms with Gasteiger partial charge in [0, 0.05) is 17.5 Å². The van der Waals surface area contributed by atoms with E-state index in [1.54, 1.807) is 5.38 Å². The molecule has 0 saturated carbocycles. The van der Waals surface area contributed by atoms with Crippen LogP contribution in [-0.4, -0.2) is 64.3 Å². The van der Waals surface area contributed by atoms with Gasteiger partial charge in [-0.25, -0.2) is 9.78 Å². The molecule has 2 atom stereocenters. The van der Waals surface area contributed by atoms with Crippen LogP contribution in [0.25, 0.3) is 11.3 Å². The van der Waals surface area contributed by atoms with Crippen LogP contribution in [0.4, 0.5) is 4.79 Å². The molecule has 3 N–H and O–H groups in total. The Morgan fingerprint density at radius 3 is 2.73 bits per heavy atom. The lowest BCUT2D eigenvalue weighted by Gasteiger charge is -2.30. The zero-order valence-corrected chi connectivity index (χ0v) is 17.0. The molecule has 30 heavy (non-hydrogen) atoms. The minimum Gasteiger partial charge on any atom is -0.310 e. The monoisotopic (exact) mass is 451 g/mol. The largest absolute Gasteiger partial charge is 0.418 e. The summed E-state index contributed by atoms with van der Waals surface area (Å²) in [6.45, 7) is 0.118. The number of rotatable bonds is 5. The van der Waals surface area contributed by atoms with Crippen molar-refractivity contribution in [1.29, 1.82) is 5.41 Å². The summed E-state index contributed by atoms with van der Waals surface area (Å²) in [7, 11) is -4.84. The van der Waals surface area contributed by atoms with Crippen LogP contribution in [0.1, 0.15) is 22.6 Å². The Hall–Kier alpha value is -2.87. The van der Waals surface area contributed by atoms with Crippen molar-refractivity contribution in [2.45, 2.75) is 24.9 Å². The number of hydrogen-bond donors (Lipinski definition) is 3.